The molecule has 3 N–H and O–H groups in total. The number of aryl methyl sites for hydroxylation is 1. The predicted molar refractivity (Wildman–Crippen MR) is 75.9 cm³/mol. The summed E-state index contributed by atoms with van der Waals surface area (Å²) in [7, 11) is 2.14. The lowest BCUT2D eigenvalue weighted by atomic mass is 10.0. The van der Waals surface area contributed by atoms with Crippen LogP contribution in [-0.2, 0) is 6.42 Å². The third-order valence-electron chi connectivity index (χ3n) is 3.88. The van der Waals surface area contributed by atoms with Crippen molar-refractivity contribution in [2.75, 3.05) is 24.2 Å². The Bertz CT molecular complexity index is 604. The number of nitrogens with one attached hydrogen (secondary N) is 1. The Labute approximate surface area is 108 Å². The van der Waals surface area contributed by atoms with E-state index in [1.165, 1.54) is 29.8 Å². The zero-order valence-corrected chi connectivity index (χ0v) is 11.1. The molecule has 1 aliphatic rings. The van der Waals surface area contributed by atoms with E-state index in [-0.39, 0.29) is 0 Å². The van der Waals surface area contributed by atoms with Crippen molar-refractivity contribution in [1.29, 1.82) is 0 Å². The summed E-state index contributed by atoms with van der Waals surface area (Å²) >= 11 is 0. The highest BCUT2D eigenvalue weighted by Crippen LogP contribution is 2.31. The molecule has 0 amide bonds. The maximum atomic E-state index is 6.39. The number of H-pyrrole nitrogens is 1. The first-order valence-electron chi connectivity index (χ1n) is 6.62. The molecular formula is C15H20N3+. The summed E-state index contributed by atoms with van der Waals surface area (Å²) in [5.41, 5.74) is 11.0. The van der Waals surface area contributed by atoms with E-state index in [4.69, 9.17) is 5.73 Å². The molecule has 0 unspecified atom stereocenters. The molecule has 1 aromatic heterocycles. The lowest BCUT2D eigenvalue weighted by molar-refractivity contribution is -0.330. The molecule has 0 spiro atoms. The number of rotatable bonds is 0. The van der Waals surface area contributed by atoms with Gasteiger partial charge in [0.25, 0.3) is 5.82 Å². The van der Waals surface area contributed by atoms with E-state index < -0.39 is 0 Å². The zero-order chi connectivity index (χ0) is 12.7. The fourth-order valence-corrected chi connectivity index (χ4v) is 2.82. The molecule has 0 saturated heterocycles. The van der Waals surface area contributed by atoms with Crippen LogP contribution in [0.3, 0.4) is 0 Å². The van der Waals surface area contributed by atoms with Crippen LogP contribution in [0.5, 0.6) is 0 Å². The van der Waals surface area contributed by atoms with Gasteiger partial charge in [-0.15, -0.1) is 0 Å². The monoisotopic (exact) mass is 242 g/mol. The van der Waals surface area contributed by atoms with Gasteiger partial charge in [-0.05, 0) is 38.3 Å². The molecule has 94 valence electrons. The number of hydrogen-bond acceptors (Lipinski definition) is 2. The summed E-state index contributed by atoms with van der Waals surface area (Å²) < 4.78 is 0. The van der Waals surface area contributed by atoms with Gasteiger partial charge in [0.15, 0.2) is 0 Å². The Morgan fingerprint density at radius 3 is 2.94 bits per heavy atom. The van der Waals surface area contributed by atoms with E-state index in [0.717, 1.165) is 29.6 Å². The molecule has 0 bridgehead atoms. The van der Waals surface area contributed by atoms with Crippen LogP contribution < -0.4 is 15.6 Å². The Hall–Kier alpha value is -1.77. The van der Waals surface area contributed by atoms with Gasteiger partial charge in [0.05, 0.1) is 24.8 Å². The Kier molecular flexibility index (Phi) is 2.62. The molecule has 3 heteroatoms. The van der Waals surface area contributed by atoms with Crippen molar-refractivity contribution in [2.45, 2.75) is 26.2 Å². The molecule has 1 aliphatic heterocycles. The largest absolute Gasteiger partial charge is 0.398 e. The minimum Gasteiger partial charge on any atom is -0.398 e. The molecule has 0 atom stereocenters. The number of pyridine rings is 1. The smallest absolute Gasteiger partial charge is 0.279 e. The van der Waals surface area contributed by atoms with Crippen LogP contribution in [0.4, 0.5) is 11.5 Å². The van der Waals surface area contributed by atoms with Gasteiger partial charge >= 0.3 is 0 Å². The van der Waals surface area contributed by atoms with Crippen molar-refractivity contribution in [3.63, 3.8) is 0 Å². The zero-order valence-electron chi connectivity index (χ0n) is 11.1. The fraction of sp³-hybridized carbons (Fsp3) is 0.400. The van der Waals surface area contributed by atoms with E-state index in [2.05, 4.69) is 42.1 Å². The molecule has 0 saturated carbocycles. The van der Waals surface area contributed by atoms with Crippen LogP contribution in [-0.4, -0.2) is 13.6 Å². The minimum absolute atomic E-state index is 0.955. The Morgan fingerprint density at radius 1 is 1.28 bits per heavy atom. The molecule has 3 nitrogen and oxygen atoms in total. The predicted octanol–water partition coefficient (Wildman–Crippen LogP) is 2.32. The quantitative estimate of drug-likeness (QED) is 0.770. The topological polar surface area (TPSA) is 43.4 Å². The second kappa shape index (κ2) is 4.16. The standard InChI is InChI=1S/C15H19N3/c1-10-6-7-13-12(9-10)14(16)11-5-3-4-8-18(2)15(11)17-13/h6-7,9H,3-5,8H2,1-2H3,(H2,16,17)/p+1. The molecule has 0 aliphatic carbocycles. The summed E-state index contributed by atoms with van der Waals surface area (Å²) in [6, 6.07) is 6.42. The highest BCUT2D eigenvalue weighted by molar-refractivity contribution is 5.92. The van der Waals surface area contributed by atoms with Gasteiger partial charge in [0.1, 0.15) is 5.52 Å². The molecule has 3 rings (SSSR count). The summed E-state index contributed by atoms with van der Waals surface area (Å²) in [5, 5.41) is 1.16. The van der Waals surface area contributed by atoms with Crippen molar-refractivity contribution in [1.82, 2.24) is 0 Å². The van der Waals surface area contributed by atoms with Crippen molar-refractivity contribution in [3.05, 3.63) is 29.3 Å². The first-order chi connectivity index (χ1) is 8.66. The number of aromatic nitrogens is 1. The lowest BCUT2D eigenvalue weighted by Crippen LogP contribution is -2.27. The molecule has 2 aromatic rings. The number of fused-ring (bicyclic) bond motifs is 2. The number of hydrogen-bond donors (Lipinski definition) is 1. The average molecular weight is 242 g/mol. The van der Waals surface area contributed by atoms with Crippen molar-refractivity contribution >= 4 is 22.4 Å². The van der Waals surface area contributed by atoms with E-state index >= 15 is 0 Å². The number of aromatic amines is 1. The van der Waals surface area contributed by atoms with E-state index in [1.54, 1.807) is 0 Å². The first kappa shape index (κ1) is 11.3. The molecule has 0 fully saturated rings. The van der Waals surface area contributed by atoms with Crippen LogP contribution in [0.25, 0.3) is 10.9 Å². The van der Waals surface area contributed by atoms with E-state index in [9.17, 15) is 0 Å². The maximum absolute atomic E-state index is 6.39. The number of benzene rings is 1. The Balaban J connectivity index is 2.31. The average Bonchev–Trinajstić information content (AvgIpc) is 2.54. The fourth-order valence-electron chi connectivity index (χ4n) is 2.82. The lowest BCUT2D eigenvalue weighted by Gasteiger charge is -2.13. The molecule has 2 heterocycles. The van der Waals surface area contributed by atoms with Gasteiger partial charge in [-0.2, -0.15) is 0 Å². The van der Waals surface area contributed by atoms with Crippen molar-refractivity contribution in [3.8, 4) is 0 Å². The molecular weight excluding hydrogens is 222 g/mol. The van der Waals surface area contributed by atoms with Gasteiger partial charge in [0, 0.05) is 5.39 Å². The van der Waals surface area contributed by atoms with Crippen LogP contribution >= 0.6 is 0 Å². The molecule has 1 aromatic carbocycles. The van der Waals surface area contributed by atoms with Crippen LogP contribution in [0, 0.1) is 6.92 Å². The van der Waals surface area contributed by atoms with Crippen molar-refractivity contribution < 1.29 is 4.98 Å². The van der Waals surface area contributed by atoms with Gasteiger partial charge in [0.2, 0.25) is 0 Å². The second-order valence-corrected chi connectivity index (χ2v) is 5.29. The van der Waals surface area contributed by atoms with Crippen LogP contribution in [0.2, 0.25) is 0 Å². The summed E-state index contributed by atoms with van der Waals surface area (Å²) in [6.07, 6.45) is 3.52. The van der Waals surface area contributed by atoms with Gasteiger partial charge in [-0.1, -0.05) is 11.6 Å². The molecule has 18 heavy (non-hydrogen) atoms. The first-order valence-corrected chi connectivity index (χ1v) is 6.62. The highest BCUT2D eigenvalue weighted by atomic mass is 15.2. The number of nitrogens with zero attached hydrogens (tertiary/aromatic N) is 1. The number of nitrogen functional groups attached to an aromatic ring is 1. The summed E-state index contributed by atoms with van der Waals surface area (Å²) in [4.78, 5) is 5.84. The van der Waals surface area contributed by atoms with Gasteiger partial charge in [-0.3, -0.25) is 4.90 Å². The van der Waals surface area contributed by atoms with Gasteiger partial charge < -0.3 is 5.73 Å². The maximum Gasteiger partial charge on any atom is 0.279 e. The van der Waals surface area contributed by atoms with E-state index in [1.807, 2.05) is 0 Å². The third kappa shape index (κ3) is 1.70. The summed E-state index contributed by atoms with van der Waals surface area (Å²) in [6.45, 7) is 3.21. The highest BCUT2D eigenvalue weighted by Gasteiger charge is 2.23. The molecule has 0 radical (unpaired) electrons. The number of anilines is 2. The van der Waals surface area contributed by atoms with Crippen molar-refractivity contribution in [2.24, 2.45) is 0 Å². The van der Waals surface area contributed by atoms with E-state index in [0.29, 0.717) is 0 Å². The summed E-state index contributed by atoms with van der Waals surface area (Å²) in [5.74, 6) is 1.20. The minimum atomic E-state index is 0.955. The second-order valence-electron chi connectivity index (χ2n) is 5.29. The van der Waals surface area contributed by atoms with Crippen LogP contribution in [0.15, 0.2) is 18.2 Å². The SMILES string of the molecule is Cc1ccc2[nH+]c3c(c(N)c2c1)CCCCN3C. The van der Waals surface area contributed by atoms with Gasteiger partial charge in [-0.25, -0.2) is 4.98 Å². The third-order valence-corrected chi connectivity index (χ3v) is 3.88. The number of nitrogens with two attached hydrogens (primary N) is 1. The normalized spacial score (nSPS) is 15.6. The Morgan fingerprint density at radius 2 is 2.11 bits per heavy atom. The van der Waals surface area contributed by atoms with Crippen LogP contribution in [0.1, 0.15) is 24.0 Å².